The average molecular weight is 260 g/mol. The highest BCUT2D eigenvalue weighted by Gasteiger charge is 2.52. The molecule has 0 radical (unpaired) electrons. The number of carbonyl (C=O) groups is 2. The van der Waals surface area contributed by atoms with Crippen LogP contribution in [0.15, 0.2) is 10.2 Å². The molecule has 1 rings (SSSR count). The van der Waals surface area contributed by atoms with Crippen LogP contribution in [0.3, 0.4) is 0 Å². The molecule has 0 aliphatic heterocycles. The van der Waals surface area contributed by atoms with E-state index in [9.17, 15) is 9.59 Å². The molecule has 1 N–H and O–H groups in total. The van der Waals surface area contributed by atoms with Gasteiger partial charge in [0.1, 0.15) is 4.48 Å². The molecule has 0 aromatic heterocycles. The van der Waals surface area contributed by atoms with E-state index >= 15 is 0 Å². The minimum atomic E-state index is -2.15. The van der Waals surface area contributed by atoms with Crippen LogP contribution in [-0.4, -0.2) is 21.0 Å². The number of carbonyl (C=O) groups excluding carboxylic acids is 2. The quantitative estimate of drug-likeness (QED) is 0.530. The van der Waals surface area contributed by atoms with Gasteiger partial charge in [-0.25, -0.2) is 0 Å². The van der Waals surface area contributed by atoms with Crippen molar-refractivity contribution >= 4 is 50.7 Å². The topological polar surface area (TPSA) is 54.4 Å². The lowest BCUT2D eigenvalue weighted by molar-refractivity contribution is -0.122. The van der Waals surface area contributed by atoms with Gasteiger partial charge in [0.05, 0.1) is 0 Å². The summed E-state index contributed by atoms with van der Waals surface area (Å²) in [7, 11) is 0. The average Bonchev–Trinajstić information content (AvgIpc) is 2.06. The molecule has 0 heterocycles. The van der Waals surface area contributed by atoms with E-state index in [4.69, 9.17) is 28.3 Å². The van der Waals surface area contributed by atoms with Gasteiger partial charge in [0, 0.05) is 0 Å². The SMILES string of the molecule is O=C1C(O)=C(Br)C(=O)C1(Cl)Cl. The molecule has 1 aliphatic carbocycles. The smallest absolute Gasteiger partial charge is 0.246 e. The standard InChI is InChI=1S/C5HBrCl2O3/c6-1-2(9)4(11)5(7,8)3(1)10/h9H. The molecule has 1 aliphatic rings. The number of hydrogen-bond acceptors (Lipinski definition) is 3. The van der Waals surface area contributed by atoms with Crippen molar-refractivity contribution in [3.8, 4) is 0 Å². The second-order valence-electron chi connectivity index (χ2n) is 1.90. The number of aliphatic hydroxyl groups excluding tert-OH is 1. The van der Waals surface area contributed by atoms with Crippen LogP contribution < -0.4 is 0 Å². The van der Waals surface area contributed by atoms with E-state index in [0.29, 0.717) is 0 Å². The lowest BCUT2D eigenvalue weighted by Gasteiger charge is -2.05. The molecular weight excluding hydrogens is 259 g/mol. The van der Waals surface area contributed by atoms with Crippen LogP contribution in [-0.2, 0) is 9.59 Å². The highest BCUT2D eigenvalue weighted by molar-refractivity contribution is 9.12. The Bertz CT molecular complexity index is 255. The number of alkyl halides is 2. The molecule has 11 heavy (non-hydrogen) atoms. The van der Waals surface area contributed by atoms with Crippen LogP contribution in [0.2, 0.25) is 0 Å². The Hall–Kier alpha value is -0.0600. The number of ketones is 2. The van der Waals surface area contributed by atoms with Gasteiger partial charge in [-0.05, 0) is 15.9 Å². The van der Waals surface area contributed by atoms with Gasteiger partial charge < -0.3 is 5.11 Å². The van der Waals surface area contributed by atoms with E-state index in [2.05, 4.69) is 15.9 Å². The molecule has 0 aromatic rings. The Morgan fingerprint density at radius 2 is 1.73 bits per heavy atom. The Balaban J connectivity index is 3.24. The first kappa shape index (κ1) is 9.03. The summed E-state index contributed by atoms with van der Waals surface area (Å²) in [6.45, 7) is 0. The van der Waals surface area contributed by atoms with Crippen LogP contribution in [0.4, 0.5) is 0 Å². The van der Waals surface area contributed by atoms with Gasteiger partial charge in [-0.3, -0.25) is 9.59 Å². The molecule has 0 aromatic carbocycles. The summed E-state index contributed by atoms with van der Waals surface area (Å²) in [6, 6.07) is 0. The van der Waals surface area contributed by atoms with E-state index in [1.807, 2.05) is 0 Å². The zero-order valence-electron chi connectivity index (χ0n) is 4.90. The Kier molecular flexibility index (Phi) is 2.03. The number of rotatable bonds is 0. The highest BCUT2D eigenvalue weighted by Crippen LogP contribution is 2.38. The maximum absolute atomic E-state index is 10.9. The molecule has 0 saturated carbocycles. The van der Waals surface area contributed by atoms with Gasteiger partial charge in [-0.15, -0.1) is 0 Å². The summed E-state index contributed by atoms with van der Waals surface area (Å²) in [6.07, 6.45) is 0. The molecule has 60 valence electrons. The number of aliphatic hydroxyl groups is 1. The van der Waals surface area contributed by atoms with Crippen molar-refractivity contribution in [1.82, 2.24) is 0 Å². The Morgan fingerprint density at radius 3 is 1.82 bits per heavy atom. The van der Waals surface area contributed by atoms with Crippen LogP contribution in [0.5, 0.6) is 0 Å². The van der Waals surface area contributed by atoms with Crippen molar-refractivity contribution in [2.24, 2.45) is 0 Å². The van der Waals surface area contributed by atoms with Crippen molar-refractivity contribution in [2.45, 2.75) is 4.33 Å². The minimum Gasteiger partial charge on any atom is -0.503 e. The van der Waals surface area contributed by atoms with Gasteiger partial charge in [0.2, 0.25) is 15.9 Å². The van der Waals surface area contributed by atoms with Gasteiger partial charge in [-0.1, -0.05) is 23.2 Å². The lowest BCUT2D eigenvalue weighted by Crippen LogP contribution is -2.29. The third-order valence-electron chi connectivity index (χ3n) is 1.19. The fourth-order valence-corrected chi connectivity index (χ4v) is 1.67. The third-order valence-corrected chi connectivity index (χ3v) is 2.61. The molecule has 0 bridgehead atoms. The lowest BCUT2D eigenvalue weighted by atomic mass is 10.3. The number of hydrogen-bond donors (Lipinski definition) is 1. The van der Waals surface area contributed by atoms with Crippen molar-refractivity contribution in [1.29, 1.82) is 0 Å². The summed E-state index contributed by atoms with van der Waals surface area (Å²) in [4.78, 5) is 21.7. The van der Waals surface area contributed by atoms with E-state index in [1.165, 1.54) is 0 Å². The number of allylic oxidation sites excluding steroid dienone is 2. The molecule has 0 amide bonds. The van der Waals surface area contributed by atoms with Crippen molar-refractivity contribution in [3.63, 3.8) is 0 Å². The van der Waals surface area contributed by atoms with Crippen LogP contribution in [0.25, 0.3) is 0 Å². The van der Waals surface area contributed by atoms with Gasteiger partial charge in [0.25, 0.3) is 0 Å². The van der Waals surface area contributed by atoms with Crippen molar-refractivity contribution in [2.75, 3.05) is 0 Å². The first-order chi connectivity index (χ1) is 4.89. The summed E-state index contributed by atoms with van der Waals surface area (Å²) in [5.74, 6) is -2.54. The summed E-state index contributed by atoms with van der Waals surface area (Å²) < 4.78 is -2.42. The second-order valence-corrected chi connectivity index (χ2v) is 4.02. The predicted octanol–water partition coefficient (Wildman–Crippen LogP) is 1.48. The first-order valence-electron chi connectivity index (χ1n) is 2.45. The van der Waals surface area contributed by atoms with Crippen LogP contribution >= 0.6 is 39.1 Å². The van der Waals surface area contributed by atoms with Gasteiger partial charge >= 0.3 is 0 Å². The van der Waals surface area contributed by atoms with Gasteiger partial charge in [-0.2, -0.15) is 0 Å². The van der Waals surface area contributed by atoms with E-state index in [1.54, 1.807) is 0 Å². The Labute approximate surface area is 80.1 Å². The number of Topliss-reactive ketones (excluding diaryl/α,β-unsaturated/α-hetero) is 2. The van der Waals surface area contributed by atoms with Crippen molar-refractivity contribution in [3.05, 3.63) is 10.2 Å². The highest BCUT2D eigenvalue weighted by atomic mass is 79.9. The second kappa shape index (κ2) is 2.47. The molecule has 0 saturated heterocycles. The van der Waals surface area contributed by atoms with E-state index in [0.717, 1.165) is 0 Å². The van der Waals surface area contributed by atoms with Crippen molar-refractivity contribution < 1.29 is 14.7 Å². The monoisotopic (exact) mass is 258 g/mol. The zero-order chi connectivity index (χ0) is 8.81. The normalized spacial score (nSPS) is 23.2. The summed E-state index contributed by atoms with van der Waals surface area (Å²) in [5.41, 5.74) is 0. The molecule has 0 fully saturated rings. The van der Waals surface area contributed by atoms with E-state index in [-0.39, 0.29) is 4.48 Å². The van der Waals surface area contributed by atoms with Gasteiger partial charge in [0.15, 0.2) is 5.76 Å². The third kappa shape index (κ3) is 1.09. The zero-order valence-corrected chi connectivity index (χ0v) is 8.00. The summed E-state index contributed by atoms with van der Waals surface area (Å²) in [5, 5.41) is 8.87. The molecule has 0 atom stereocenters. The van der Waals surface area contributed by atoms with Crippen LogP contribution in [0, 0.1) is 0 Å². The maximum atomic E-state index is 10.9. The molecule has 0 spiro atoms. The predicted molar refractivity (Wildman–Crippen MR) is 43.0 cm³/mol. The van der Waals surface area contributed by atoms with Crippen LogP contribution in [0.1, 0.15) is 0 Å². The molecular formula is C5HBrCl2O3. The maximum Gasteiger partial charge on any atom is 0.246 e. The minimum absolute atomic E-state index is 0.271. The largest absolute Gasteiger partial charge is 0.503 e. The first-order valence-corrected chi connectivity index (χ1v) is 4.00. The number of halogens is 3. The fourth-order valence-electron chi connectivity index (χ4n) is 0.597. The molecule has 3 nitrogen and oxygen atoms in total. The summed E-state index contributed by atoms with van der Waals surface area (Å²) >= 11 is 13.3. The van der Waals surface area contributed by atoms with E-state index < -0.39 is 21.7 Å². The Morgan fingerprint density at radius 1 is 1.27 bits per heavy atom. The fraction of sp³-hybridized carbons (Fsp3) is 0.200. The molecule has 6 heteroatoms. The molecule has 0 unspecified atom stereocenters.